The normalized spacial score (nSPS) is 12.3. The fourth-order valence-corrected chi connectivity index (χ4v) is 5.64. The van der Waals surface area contributed by atoms with Gasteiger partial charge in [-0.25, -0.2) is 4.98 Å². The molecule has 0 spiro atoms. The zero-order chi connectivity index (χ0) is 25.8. The molecule has 5 aromatic carbocycles. The van der Waals surface area contributed by atoms with E-state index in [1.54, 1.807) is 0 Å². The summed E-state index contributed by atoms with van der Waals surface area (Å²) < 4.78 is 0. The molecule has 5 heteroatoms. The van der Waals surface area contributed by atoms with Crippen molar-refractivity contribution in [2.24, 2.45) is 0 Å². The third-order valence-corrected chi connectivity index (χ3v) is 7.54. The molecule has 0 saturated carbocycles. The number of para-hydroxylation sites is 4. The largest absolute Gasteiger partial charge is 2.00 e. The van der Waals surface area contributed by atoms with Crippen LogP contribution in [0.1, 0.15) is 5.69 Å². The van der Waals surface area contributed by atoms with Crippen LogP contribution in [0.25, 0.3) is 49.2 Å². The Morgan fingerprint density at radius 2 is 1.18 bits per heavy atom. The van der Waals surface area contributed by atoms with Gasteiger partial charge in [0.05, 0.1) is 29.0 Å². The summed E-state index contributed by atoms with van der Waals surface area (Å²) in [5.41, 5.74) is 8.75. The van der Waals surface area contributed by atoms with Gasteiger partial charge in [-0.05, 0) is 41.3 Å². The van der Waals surface area contributed by atoms with Crippen LogP contribution in [-0.4, -0.2) is 9.97 Å². The van der Waals surface area contributed by atoms with Crippen molar-refractivity contribution in [1.29, 1.82) is 0 Å². The van der Waals surface area contributed by atoms with Crippen molar-refractivity contribution in [2.45, 2.75) is 6.54 Å². The Kier molecular flexibility index (Phi) is 5.96. The molecule has 0 aliphatic carbocycles. The van der Waals surface area contributed by atoms with Crippen molar-refractivity contribution in [3.05, 3.63) is 138 Å². The second kappa shape index (κ2) is 9.80. The van der Waals surface area contributed by atoms with Gasteiger partial charge >= 0.3 is 17.1 Å². The van der Waals surface area contributed by atoms with E-state index >= 15 is 0 Å². The second-order valence-electron chi connectivity index (χ2n) is 9.91. The van der Waals surface area contributed by atoms with Crippen molar-refractivity contribution in [3.8, 4) is 11.3 Å². The SMILES string of the molecule is [Cu+2].c1ccc(N2Cc3ccc4ccc5ccc6ccc(nc6c5c4n3)-c3ccccc3[N-]c3ccccc32)cc1. The first-order valence-corrected chi connectivity index (χ1v) is 13.2. The first-order valence-electron chi connectivity index (χ1n) is 13.2. The summed E-state index contributed by atoms with van der Waals surface area (Å²) in [6, 6.07) is 44.3. The van der Waals surface area contributed by atoms with Crippen molar-refractivity contribution in [1.82, 2.24) is 9.97 Å². The van der Waals surface area contributed by atoms with E-state index in [1.807, 2.05) is 18.2 Å². The Morgan fingerprint density at radius 3 is 2.00 bits per heavy atom. The maximum absolute atomic E-state index is 5.28. The molecule has 0 amide bonds. The minimum absolute atomic E-state index is 0. The maximum atomic E-state index is 5.28. The minimum Gasteiger partial charge on any atom is -0.656 e. The van der Waals surface area contributed by atoms with Crippen LogP contribution in [0.3, 0.4) is 0 Å². The third-order valence-electron chi connectivity index (χ3n) is 7.54. The van der Waals surface area contributed by atoms with Gasteiger partial charge in [-0.3, -0.25) is 4.98 Å². The summed E-state index contributed by atoms with van der Waals surface area (Å²) in [5, 5.41) is 9.67. The number of anilines is 2. The summed E-state index contributed by atoms with van der Waals surface area (Å²) in [6.45, 7) is 0.605. The number of nitrogens with zero attached hydrogens (tertiary/aromatic N) is 4. The summed E-state index contributed by atoms with van der Waals surface area (Å²) >= 11 is 0. The molecule has 0 N–H and O–H groups in total. The van der Waals surface area contributed by atoms with Gasteiger partial charge in [0, 0.05) is 27.5 Å². The number of aromatic nitrogens is 2. The number of hydrogen-bond acceptors (Lipinski definition) is 3. The van der Waals surface area contributed by atoms with Crippen LogP contribution in [0.4, 0.5) is 22.7 Å². The Hall–Kier alpha value is -4.70. The summed E-state index contributed by atoms with van der Waals surface area (Å²) in [6.07, 6.45) is 0. The molecular formula is C35H23CuN4+. The van der Waals surface area contributed by atoms with Crippen LogP contribution in [0.5, 0.6) is 0 Å². The fourth-order valence-electron chi connectivity index (χ4n) is 5.64. The molecule has 1 aliphatic rings. The topological polar surface area (TPSA) is 43.1 Å². The average Bonchev–Trinajstić information content (AvgIpc) is 3.00. The van der Waals surface area contributed by atoms with E-state index in [1.165, 1.54) is 0 Å². The molecule has 8 rings (SSSR count). The number of benzene rings is 5. The van der Waals surface area contributed by atoms with Crippen molar-refractivity contribution in [3.63, 3.8) is 0 Å². The predicted molar refractivity (Wildman–Crippen MR) is 161 cm³/mol. The Balaban J connectivity index is 0.00000264. The van der Waals surface area contributed by atoms with E-state index in [2.05, 4.69) is 114 Å². The molecule has 40 heavy (non-hydrogen) atoms. The number of hydrogen-bond donors (Lipinski definition) is 0. The molecule has 0 saturated heterocycles. The van der Waals surface area contributed by atoms with E-state index < -0.39 is 0 Å². The van der Waals surface area contributed by atoms with E-state index in [0.29, 0.717) is 6.54 Å². The molecule has 193 valence electrons. The van der Waals surface area contributed by atoms with Crippen molar-refractivity contribution >= 4 is 55.3 Å². The van der Waals surface area contributed by atoms with Crippen LogP contribution >= 0.6 is 0 Å². The van der Waals surface area contributed by atoms with E-state index in [4.69, 9.17) is 15.3 Å². The van der Waals surface area contributed by atoms with Crippen molar-refractivity contribution in [2.75, 3.05) is 4.90 Å². The number of rotatable bonds is 1. The minimum atomic E-state index is 0. The predicted octanol–water partition coefficient (Wildman–Crippen LogP) is 9.59. The molecule has 3 heterocycles. The molecule has 4 bridgehead atoms. The molecule has 4 nitrogen and oxygen atoms in total. The summed E-state index contributed by atoms with van der Waals surface area (Å²) in [4.78, 5) is 12.8. The van der Waals surface area contributed by atoms with Gasteiger partial charge in [-0.1, -0.05) is 97.1 Å². The van der Waals surface area contributed by atoms with E-state index in [9.17, 15) is 0 Å². The quantitative estimate of drug-likeness (QED) is 0.148. The van der Waals surface area contributed by atoms with Gasteiger partial charge in [-0.15, -0.1) is 11.4 Å². The van der Waals surface area contributed by atoms with Gasteiger partial charge < -0.3 is 10.2 Å². The third kappa shape index (κ3) is 3.99. The standard InChI is InChI=1S/C35H23N4.Cu/c1-2-8-27(9-3-1)39-22-26-20-18-24-16-14-23-15-17-25-19-21-30(38-35(25)33(23)34(24)36-26)28-10-4-5-11-29(28)37-31-12-6-7-13-32(31)39;/h1-21H,22H2;/q-1;+2. The van der Waals surface area contributed by atoms with E-state index in [0.717, 1.165) is 72.3 Å². The zero-order valence-electron chi connectivity index (χ0n) is 21.4. The van der Waals surface area contributed by atoms with Crippen molar-refractivity contribution < 1.29 is 17.1 Å². The molecule has 2 aromatic heterocycles. The summed E-state index contributed by atoms with van der Waals surface area (Å²) in [5.74, 6) is 0. The van der Waals surface area contributed by atoms with E-state index in [-0.39, 0.29) is 17.1 Å². The molecule has 7 aromatic rings. The van der Waals surface area contributed by atoms with Gasteiger partial charge in [0.25, 0.3) is 0 Å². The molecule has 1 radical (unpaired) electrons. The number of pyridine rings is 2. The Morgan fingerprint density at radius 1 is 0.550 bits per heavy atom. The molecule has 0 atom stereocenters. The molecule has 0 fully saturated rings. The van der Waals surface area contributed by atoms with Crippen LogP contribution in [0.15, 0.2) is 127 Å². The molecule has 0 unspecified atom stereocenters. The first kappa shape index (κ1) is 24.3. The smallest absolute Gasteiger partial charge is 0.656 e. The molecule has 1 aliphatic heterocycles. The van der Waals surface area contributed by atoms with Crippen LogP contribution in [0, 0.1) is 0 Å². The summed E-state index contributed by atoms with van der Waals surface area (Å²) in [7, 11) is 0. The Labute approximate surface area is 242 Å². The van der Waals surface area contributed by atoms with Gasteiger partial charge in [0.2, 0.25) is 0 Å². The average molecular weight is 563 g/mol. The second-order valence-corrected chi connectivity index (χ2v) is 9.91. The van der Waals surface area contributed by atoms with Crippen LogP contribution < -0.4 is 4.90 Å². The van der Waals surface area contributed by atoms with Gasteiger partial charge in [-0.2, -0.15) is 0 Å². The Bertz CT molecular complexity index is 2030. The van der Waals surface area contributed by atoms with Gasteiger partial charge in [0.15, 0.2) is 0 Å². The monoisotopic (exact) mass is 562 g/mol. The zero-order valence-corrected chi connectivity index (χ0v) is 22.4. The van der Waals surface area contributed by atoms with Crippen LogP contribution in [-0.2, 0) is 23.6 Å². The van der Waals surface area contributed by atoms with Crippen LogP contribution in [0.2, 0.25) is 0 Å². The van der Waals surface area contributed by atoms with Gasteiger partial charge in [0.1, 0.15) is 0 Å². The first-order chi connectivity index (χ1) is 19.3. The number of fused-ring (bicyclic) bond motifs is 5. The fraction of sp³-hybridized carbons (Fsp3) is 0.0286. The molecular weight excluding hydrogens is 540 g/mol. The maximum Gasteiger partial charge on any atom is 2.00 e.